The maximum absolute atomic E-state index is 11.8. The van der Waals surface area contributed by atoms with Crippen molar-refractivity contribution in [3.63, 3.8) is 0 Å². The first-order chi connectivity index (χ1) is 8.91. The summed E-state index contributed by atoms with van der Waals surface area (Å²) >= 11 is 0. The molecule has 1 saturated carbocycles. The van der Waals surface area contributed by atoms with Gasteiger partial charge in [0, 0.05) is 6.04 Å². The van der Waals surface area contributed by atoms with E-state index in [-0.39, 0.29) is 6.04 Å². The van der Waals surface area contributed by atoms with Crippen LogP contribution in [0.5, 0.6) is 0 Å². The molecule has 0 bridgehead atoms. The molecule has 1 rings (SSSR count). The Hall–Kier alpha value is -1.30. The van der Waals surface area contributed by atoms with Crippen LogP contribution in [0.25, 0.3) is 0 Å². The minimum absolute atomic E-state index is 0.241. The molecule has 0 radical (unpaired) electrons. The summed E-state index contributed by atoms with van der Waals surface area (Å²) in [5.41, 5.74) is 0. The third-order valence-corrected chi connectivity index (χ3v) is 3.79. The molecule has 1 aliphatic rings. The van der Waals surface area contributed by atoms with Gasteiger partial charge < -0.3 is 20.8 Å². The molecular weight excluding hydrogens is 248 g/mol. The average molecular weight is 272 g/mol. The lowest BCUT2D eigenvalue weighted by Crippen LogP contribution is -2.51. The molecule has 0 aliphatic heterocycles. The monoisotopic (exact) mass is 272 g/mol. The number of amides is 2. The van der Waals surface area contributed by atoms with Gasteiger partial charge in [0.15, 0.2) is 0 Å². The second-order valence-corrected chi connectivity index (χ2v) is 5.35. The van der Waals surface area contributed by atoms with Crippen molar-refractivity contribution >= 4 is 12.0 Å². The van der Waals surface area contributed by atoms with Crippen LogP contribution in [0.15, 0.2) is 0 Å². The summed E-state index contributed by atoms with van der Waals surface area (Å²) < 4.78 is 0. The van der Waals surface area contributed by atoms with Gasteiger partial charge in [0.25, 0.3) is 0 Å². The number of hydrogen-bond donors (Lipinski definition) is 4. The first-order valence-electron chi connectivity index (χ1n) is 6.89. The van der Waals surface area contributed by atoms with Gasteiger partial charge in [-0.25, -0.2) is 4.79 Å². The van der Waals surface area contributed by atoms with E-state index < -0.39 is 30.1 Å². The van der Waals surface area contributed by atoms with Crippen LogP contribution in [0.2, 0.25) is 0 Å². The van der Waals surface area contributed by atoms with Crippen molar-refractivity contribution in [3.05, 3.63) is 0 Å². The van der Waals surface area contributed by atoms with Crippen LogP contribution in [0.3, 0.4) is 0 Å². The van der Waals surface area contributed by atoms with Gasteiger partial charge in [-0.05, 0) is 26.7 Å². The molecule has 6 heteroatoms. The Morgan fingerprint density at radius 3 is 2.42 bits per heavy atom. The van der Waals surface area contributed by atoms with E-state index >= 15 is 0 Å². The third-order valence-electron chi connectivity index (χ3n) is 3.79. The summed E-state index contributed by atoms with van der Waals surface area (Å²) in [6.07, 6.45) is 3.99. The number of carboxylic acids is 1. The Bertz CT molecular complexity index is 322. The van der Waals surface area contributed by atoms with E-state index in [9.17, 15) is 14.7 Å². The van der Waals surface area contributed by atoms with Gasteiger partial charge in [0.2, 0.25) is 0 Å². The van der Waals surface area contributed by atoms with E-state index in [1.807, 2.05) is 0 Å². The molecule has 0 aromatic heterocycles. The molecule has 4 N–H and O–H groups in total. The molecule has 19 heavy (non-hydrogen) atoms. The first kappa shape index (κ1) is 15.8. The number of carbonyl (C=O) groups is 2. The molecule has 0 aromatic rings. The summed E-state index contributed by atoms with van der Waals surface area (Å²) in [5.74, 6) is -1.59. The van der Waals surface area contributed by atoms with Gasteiger partial charge >= 0.3 is 12.0 Å². The van der Waals surface area contributed by atoms with Crippen molar-refractivity contribution in [2.45, 2.75) is 64.1 Å². The zero-order chi connectivity index (χ0) is 14.4. The van der Waals surface area contributed by atoms with Gasteiger partial charge in [0.05, 0.1) is 18.1 Å². The molecule has 0 spiro atoms. The highest BCUT2D eigenvalue weighted by Gasteiger charge is 2.25. The molecule has 0 heterocycles. The van der Waals surface area contributed by atoms with Crippen LogP contribution < -0.4 is 10.6 Å². The van der Waals surface area contributed by atoms with Gasteiger partial charge in [-0.2, -0.15) is 0 Å². The van der Waals surface area contributed by atoms with Gasteiger partial charge in [-0.15, -0.1) is 0 Å². The summed E-state index contributed by atoms with van der Waals surface area (Å²) in [5, 5.41) is 24.1. The number of nitrogens with one attached hydrogen (secondary N) is 2. The highest BCUT2D eigenvalue weighted by atomic mass is 16.4. The van der Waals surface area contributed by atoms with Crippen molar-refractivity contribution in [2.75, 3.05) is 0 Å². The number of rotatable bonds is 4. The summed E-state index contributed by atoms with van der Waals surface area (Å²) in [7, 11) is 0. The summed E-state index contributed by atoms with van der Waals surface area (Å²) in [4.78, 5) is 22.6. The summed E-state index contributed by atoms with van der Waals surface area (Å²) in [6, 6.07) is -1.11. The number of urea groups is 1. The SMILES string of the molecule is CC(NC(=O)NC1CCCCCC1O)C(C)C(=O)O. The maximum Gasteiger partial charge on any atom is 0.315 e. The van der Waals surface area contributed by atoms with Crippen molar-refractivity contribution in [3.8, 4) is 0 Å². The number of aliphatic hydroxyl groups is 1. The van der Waals surface area contributed by atoms with E-state index in [0.29, 0.717) is 6.42 Å². The third kappa shape index (κ3) is 5.06. The van der Waals surface area contributed by atoms with Crippen LogP contribution in [0, 0.1) is 5.92 Å². The molecule has 1 aliphatic carbocycles. The first-order valence-corrected chi connectivity index (χ1v) is 6.89. The van der Waals surface area contributed by atoms with Gasteiger partial charge in [0.1, 0.15) is 0 Å². The predicted octanol–water partition coefficient (Wildman–Crippen LogP) is 1.09. The fraction of sp³-hybridized carbons (Fsp3) is 0.846. The van der Waals surface area contributed by atoms with E-state index in [1.165, 1.54) is 0 Å². The second-order valence-electron chi connectivity index (χ2n) is 5.35. The highest BCUT2D eigenvalue weighted by molar-refractivity contribution is 5.76. The molecule has 0 saturated heterocycles. The van der Waals surface area contributed by atoms with E-state index in [2.05, 4.69) is 10.6 Å². The number of aliphatic carboxylic acids is 1. The Morgan fingerprint density at radius 1 is 1.16 bits per heavy atom. The van der Waals surface area contributed by atoms with E-state index in [1.54, 1.807) is 13.8 Å². The number of hydrogen-bond acceptors (Lipinski definition) is 3. The van der Waals surface area contributed by atoms with Crippen LogP contribution in [-0.4, -0.2) is 40.4 Å². The van der Waals surface area contributed by atoms with Crippen molar-refractivity contribution in [2.24, 2.45) is 5.92 Å². The quantitative estimate of drug-likeness (QED) is 0.576. The molecule has 2 amide bonds. The molecule has 0 aromatic carbocycles. The van der Waals surface area contributed by atoms with Gasteiger partial charge in [-0.1, -0.05) is 19.3 Å². The number of aliphatic hydroxyl groups excluding tert-OH is 1. The largest absolute Gasteiger partial charge is 0.481 e. The predicted molar refractivity (Wildman–Crippen MR) is 70.8 cm³/mol. The minimum Gasteiger partial charge on any atom is -0.481 e. The second kappa shape index (κ2) is 7.33. The number of carboxylic acid groups (broad SMARTS) is 1. The lowest BCUT2D eigenvalue weighted by molar-refractivity contribution is -0.141. The molecule has 4 atom stereocenters. The highest BCUT2D eigenvalue weighted by Crippen LogP contribution is 2.18. The standard InChI is InChI=1S/C13H24N2O4/c1-8(12(17)18)9(2)14-13(19)15-10-6-4-3-5-7-11(10)16/h8-11,16H,3-7H2,1-2H3,(H,17,18)(H2,14,15,19). The zero-order valence-electron chi connectivity index (χ0n) is 11.6. The zero-order valence-corrected chi connectivity index (χ0v) is 11.6. The maximum atomic E-state index is 11.8. The molecule has 1 fully saturated rings. The van der Waals surface area contributed by atoms with E-state index in [0.717, 1.165) is 25.7 Å². The lowest BCUT2D eigenvalue weighted by Gasteiger charge is -2.24. The Morgan fingerprint density at radius 2 is 1.79 bits per heavy atom. The van der Waals surface area contributed by atoms with Gasteiger partial charge in [-0.3, -0.25) is 4.79 Å². The smallest absolute Gasteiger partial charge is 0.315 e. The molecule has 6 nitrogen and oxygen atoms in total. The molecule has 4 unspecified atom stereocenters. The van der Waals surface area contributed by atoms with Crippen LogP contribution >= 0.6 is 0 Å². The lowest BCUT2D eigenvalue weighted by atomic mass is 10.0. The average Bonchev–Trinajstić information content (AvgIpc) is 2.53. The molecular formula is C13H24N2O4. The fourth-order valence-electron chi connectivity index (χ4n) is 2.21. The van der Waals surface area contributed by atoms with Crippen molar-refractivity contribution in [1.29, 1.82) is 0 Å². The Labute approximate surface area is 113 Å². The van der Waals surface area contributed by atoms with Crippen LogP contribution in [0.1, 0.15) is 46.0 Å². The van der Waals surface area contributed by atoms with Crippen molar-refractivity contribution in [1.82, 2.24) is 10.6 Å². The van der Waals surface area contributed by atoms with E-state index in [4.69, 9.17) is 5.11 Å². The fourth-order valence-corrected chi connectivity index (χ4v) is 2.21. The summed E-state index contributed by atoms with van der Waals surface area (Å²) in [6.45, 7) is 3.20. The Kier molecular flexibility index (Phi) is 6.08. The number of carbonyl (C=O) groups excluding carboxylic acids is 1. The molecule has 110 valence electrons. The Balaban J connectivity index is 2.43. The minimum atomic E-state index is -0.942. The van der Waals surface area contributed by atoms with Crippen molar-refractivity contribution < 1.29 is 19.8 Å². The normalized spacial score (nSPS) is 26.9. The van der Waals surface area contributed by atoms with Crippen LogP contribution in [-0.2, 0) is 4.79 Å². The van der Waals surface area contributed by atoms with Crippen LogP contribution in [0.4, 0.5) is 4.79 Å². The topological polar surface area (TPSA) is 98.7 Å².